The van der Waals surface area contributed by atoms with Crippen molar-refractivity contribution in [2.24, 2.45) is 0 Å². The van der Waals surface area contributed by atoms with Gasteiger partial charge in [0.2, 0.25) is 0 Å². The van der Waals surface area contributed by atoms with Gasteiger partial charge >= 0.3 is 0 Å². The number of thiazole rings is 1. The highest BCUT2D eigenvalue weighted by molar-refractivity contribution is 7.18. The Morgan fingerprint density at radius 1 is 1.31 bits per heavy atom. The van der Waals surface area contributed by atoms with Crippen LogP contribution in [-0.4, -0.2) is 4.98 Å². The molecular weight excluding hydrogens is 178 g/mol. The molecule has 0 unspecified atom stereocenters. The molecule has 68 valence electrons. The van der Waals surface area contributed by atoms with Crippen molar-refractivity contribution in [2.75, 3.05) is 0 Å². The first-order chi connectivity index (χ1) is 6.22. The van der Waals surface area contributed by atoms with E-state index in [0.717, 1.165) is 6.42 Å². The second kappa shape index (κ2) is 3.11. The number of benzene rings is 1. The number of aryl methyl sites for hydroxylation is 3. The lowest BCUT2D eigenvalue weighted by Crippen LogP contribution is -1.83. The second-order valence-corrected chi connectivity index (χ2v) is 4.51. The maximum Gasteiger partial charge on any atom is 0.0907 e. The Bertz CT molecular complexity index is 443. The van der Waals surface area contributed by atoms with E-state index >= 15 is 0 Å². The minimum atomic E-state index is 1.10. The molecule has 0 saturated carbocycles. The summed E-state index contributed by atoms with van der Waals surface area (Å²) in [4.78, 5) is 4.54. The molecule has 0 aliphatic heterocycles. The Hall–Kier alpha value is -0.890. The Balaban J connectivity index is 2.83. The lowest BCUT2D eigenvalue weighted by atomic mass is 10.1. The molecule has 0 aliphatic rings. The van der Waals surface area contributed by atoms with Crippen molar-refractivity contribution in [3.05, 3.63) is 28.3 Å². The first kappa shape index (κ1) is 8.70. The molecule has 0 aliphatic carbocycles. The van der Waals surface area contributed by atoms with Gasteiger partial charge in [0, 0.05) is 0 Å². The van der Waals surface area contributed by atoms with Crippen LogP contribution in [0.25, 0.3) is 10.2 Å². The van der Waals surface area contributed by atoms with Gasteiger partial charge in [0.05, 0.1) is 15.2 Å². The summed E-state index contributed by atoms with van der Waals surface area (Å²) in [6.45, 7) is 6.39. The molecular formula is C11H13NS. The molecule has 0 N–H and O–H groups in total. The smallest absolute Gasteiger partial charge is 0.0907 e. The Morgan fingerprint density at radius 2 is 2.08 bits per heavy atom. The normalized spacial score (nSPS) is 11.0. The minimum absolute atomic E-state index is 1.10. The van der Waals surface area contributed by atoms with Crippen LogP contribution in [0.3, 0.4) is 0 Å². The molecule has 0 fully saturated rings. The highest BCUT2D eigenvalue weighted by Gasteiger charge is 2.06. The molecule has 13 heavy (non-hydrogen) atoms. The Kier molecular flexibility index (Phi) is 2.08. The maximum atomic E-state index is 4.54. The third kappa shape index (κ3) is 1.35. The summed E-state index contributed by atoms with van der Waals surface area (Å²) in [5, 5.41) is 1.17. The van der Waals surface area contributed by atoms with Gasteiger partial charge in [-0.1, -0.05) is 19.1 Å². The molecule has 1 heterocycles. The van der Waals surface area contributed by atoms with Gasteiger partial charge in [-0.25, -0.2) is 4.98 Å². The van der Waals surface area contributed by atoms with Crippen LogP contribution < -0.4 is 0 Å². The molecule has 0 saturated heterocycles. The highest BCUT2D eigenvalue weighted by atomic mass is 32.1. The molecule has 2 aromatic rings. The summed E-state index contributed by atoms with van der Waals surface area (Å²) >= 11 is 1.81. The molecule has 1 aromatic carbocycles. The second-order valence-electron chi connectivity index (χ2n) is 3.31. The van der Waals surface area contributed by atoms with Crippen LogP contribution in [0.15, 0.2) is 12.1 Å². The van der Waals surface area contributed by atoms with Crippen LogP contribution in [0.4, 0.5) is 0 Å². The summed E-state index contributed by atoms with van der Waals surface area (Å²) in [5.41, 5.74) is 3.91. The van der Waals surface area contributed by atoms with E-state index in [9.17, 15) is 0 Å². The van der Waals surface area contributed by atoms with Gasteiger partial charge in [0.25, 0.3) is 0 Å². The van der Waals surface area contributed by atoms with Gasteiger partial charge in [-0.05, 0) is 31.4 Å². The first-order valence-corrected chi connectivity index (χ1v) is 5.39. The summed E-state index contributed by atoms with van der Waals surface area (Å²) in [6.07, 6.45) is 1.10. The molecule has 2 rings (SSSR count). The van der Waals surface area contributed by atoms with Crippen molar-refractivity contribution < 1.29 is 0 Å². The van der Waals surface area contributed by atoms with E-state index in [0.29, 0.717) is 0 Å². The van der Waals surface area contributed by atoms with Gasteiger partial charge in [-0.3, -0.25) is 0 Å². The number of hydrogen-bond donors (Lipinski definition) is 0. The zero-order valence-electron chi connectivity index (χ0n) is 8.22. The third-order valence-corrected chi connectivity index (χ3v) is 3.36. The lowest BCUT2D eigenvalue weighted by molar-refractivity contribution is 1.16. The SMILES string of the molecule is CCc1ccc(C)c2nc(C)sc12. The van der Waals surface area contributed by atoms with Crippen molar-refractivity contribution in [1.82, 2.24) is 4.98 Å². The van der Waals surface area contributed by atoms with Gasteiger partial charge < -0.3 is 0 Å². The number of hydrogen-bond acceptors (Lipinski definition) is 2. The van der Waals surface area contributed by atoms with Crippen LogP contribution in [0.5, 0.6) is 0 Å². The van der Waals surface area contributed by atoms with Gasteiger partial charge in [0.1, 0.15) is 0 Å². The highest BCUT2D eigenvalue weighted by Crippen LogP contribution is 2.28. The van der Waals surface area contributed by atoms with Crippen LogP contribution in [-0.2, 0) is 6.42 Å². The molecule has 1 aromatic heterocycles. The summed E-state index contributed by atoms with van der Waals surface area (Å²) < 4.78 is 1.38. The summed E-state index contributed by atoms with van der Waals surface area (Å²) in [7, 11) is 0. The van der Waals surface area contributed by atoms with Crippen LogP contribution in [0, 0.1) is 13.8 Å². The van der Waals surface area contributed by atoms with Crippen molar-refractivity contribution in [2.45, 2.75) is 27.2 Å². The Morgan fingerprint density at radius 3 is 2.77 bits per heavy atom. The van der Waals surface area contributed by atoms with Crippen molar-refractivity contribution in [3.63, 3.8) is 0 Å². The fourth-order valence-electron chi connectivity index (χ4n) is 1.57. The molecule has 0 radical (unpaired) electrons. The van der Waals surface area contributed by atoms with E-state index < -0.39 is 0 Å². The van der Waals surface area contributed by atoms with E-state index in [-0.39, 0.29) is 0 Å². The fourth-order valence-corrected chi connectivity index (χ4v) is 2.65. The number of aromatic nitrogens is 1. The summed E-state index contributed by atoms with van der Waals surface area (Å²) in [5.74, 6) is 0. The zero-order valence-corrected chi connectivity index (χ0v) is 9.03. The average Bonchev–Trinajstić information content (AvgIpc) is 2.48. The minimum Gasteiger partial charge on any atom is -0.241 e. The molecule has 1 nitrogen and oxygen atoms in total. The predicted octanol–water partition coefficient (Wildman–Crippen LogP) is 3.48. The standard InChI is InChI=1S/C11H13NS/c1-4-9-6-5-7(2)10-11(9)13-8(3)12-10/h5-6H,4H2,1-3H3. The van der Waals surface area contributed by atoms with Crippen molar-refractivity contribution in [1.29, 1.82) is 0 Å². The predicted molar refractivity (Wildman–Crippen MR) is 58.5 cm³/mol. The third-order valence-electron chi connectivity index (χ3n) is 2.31. The maximum absolute atomic E-state index is 4.54. The van der Waals surface area contributed by atoms with Crippen molar-refractivity contribution >= 4 is 21.6 Å². The molecule has 0 amide bonds. The molecule has 2 heteroatoms. The van der Waals surface area contributed by atoms with E-state index in [2.05, 4.69) is 37.9 Å². The van der Waals surface area contributed by atoms with Gasteiger partial charge in [-0.15, -0.1) is 11.3 Å². The van der Waals surface area contributed by atoms with E-state index in [1.807, 2.05) is 0 Å². The van der Waals surface area contributed by atoms with Crippen LogP contribution in [0.1, 0.15) is 23.1 Å². The number of rotatable bonds is 1. The first-order valence-electron chi connectivity index (χ1n) is 4.58. The van der Waals surface area contributed by atoms with Crippen molar-refractivity contribution in [3.8, 4) is 0 Å². The van der Waals surface area contributed by atoms with Crippen LogP contribution in [0.2, 0.25) is 0 Å². The number of nitrogens with zero attached hydrogens (tertiary/aromatic N) is 1. The largest absolute Gasteiger partial charge is 0.241 e. The van der Waals surface area contributed by atoms with Gasteiger partial charge in [0.15, 0.2) is 0 Å². The summed E-state index contributed by atoms with van der Waals surface area (Å²) in [6, 6.07) is 4.38. The van der Waals surface area contributed by atoms with E-state index in [4.69, 9.17) is 0 Å². The van der Waals surface area contributed by atoms with E-state index in [1.165, 1.54) is 26.4 Å². The van der Waals surface area contributed by atoms with Gasteiger partial charge in [-0.2, -0.15) is 0 Å². The van der Waals surface area contributed by atoms with E-state index in [1.54, 1.807) is 11.3 Å². The Labute approximate surface area is 82.4 Å². The molecule has 0 atom stereocenters. The van der Waals surface area contributed by atoms with Crippen LogP contribution >= 0.6 is 11.3 Å². The lowest BCUT2D eigenvalue weighted by Gasteiger charge is -1.99. The topological polar surface area (TPSA) is 12.9 Å². The quantitative estimate of drug-likeness (QED) is 0.672. The monoisotopic (exact) mass is 191 g/mol. The number of fused-ring (bicyclic) bond motifs is 1. The molecule has 0 bridgehead atoms. The molecule has 0 spiro atoms. The fraction of sp³-hybridized carbons (Fsp3) is 0.364. The average molecular weight is 191 g/mol. The zero-order chi connectivity index (χ0) is 9.42.